The number of hydrogen-bond donors (Lipinski definition) is 0. The lowest BCUT2D eigenvalue weighted by Crippen LogP contribution is -2.45. The summed E-state index contributed by atoms with van der Waals surface area (Å²) >= 11 is 0. The molecular formula is C27H28N4O2. The summed E-state index contributed by atoms with van der Waals surface area (Å²) in [4.78, 5) is 14.0. The van der Waals surface area contributed by atoms with Gasteiger partial charge in [0.2, 0.25) is 5.89 Å². The first-order valence-corrected chi connectivity index (χ1v) is 11.4. The van der Waals surface area contributed by atoms with Crippen LogP contribution in [0.25, 0.3) is 11.5 Å². The summed E-state index contributed by atoms with van der Waals surface area (Å²) in [5, 5.41) is 0. The van der Waals surface area contributed by atoms with Gasteiger partial charge in [0, 0.05) is 57.2 Å². The van der Waals surface area contributed by atoms with Crippen molar-refractivity contribution in [2.24, 2.45) is 0 Å². The first-order valence-electron chi connectivity index (χ1n) is 11.4. The number of aryl methyl sites for hydroxylation is 1. The second kappa shape index (κ2) is 9.98. The van der Waals surface area contributed by atoms with Crippen molar-refractivity contribution in [1.29, 1.82) is 0 Å². The Morgan fingerprint density at radius 2 is 1.61 bits per heavy atom. The van der Waals surface area contributed by atoms with E-state index in [1.54, 1.807) is 0 Å². The molecule has 0 saturated carbocycles. The second-order valence-corrected chi connectivity index (χ2v) is 8.38. The highest BCUT2D eigenvalue weighted by Gasteiger charge is 2.20. The molecule has 4 aromatic rings. The molecule has 0 atom stereocenters. The Bertz CT molecular complexity index is 1170. The summed E-state index contributed by atoms with van der Waals surface area (Å²) in [6.45, 7) is 7.86. The van der Waals surface area contributed by atoms with Crippen LogP contribution in [-0.2, 0) is 13.1 Å². The van der Waals surface area contributed by atoms with Crippen molar-refractivity contribution in [3.8, 4) is 23.0 Å². The topological polar surface area (TPSA) is 54.6 Å². The molecular weight excluding hydrogens is 412 g/mol. The van der Waals surface area contributed by atoms with Gasteiger partial charge >= 0.3 is 0 Å². The molecule has 0 amide bonds. The Morgan fingerprint density at radius 1 is 0.848 bits per heavy atom. The third-order valence-electron chi connectivity index (χ3n) is 5.92. The molecule has 0 spiro atoms. The fourth-order valence-electron chi connectivity index (χ4n) is 4.08. The van der Waals surface area contributed by atoms with Crippen molar-refractivity contribution < 1.29 is 9.15 Å². The Labute approximate surface area is 194 Å². The highest BCUT2D eigenvalue weighted by molar-refractivity contribution is 5.57. The van der Waals surface area contributed by atoms with Crippen molar-refractivity contribution in [2.75, 3.05) is 26.2 Å². The number of benzene rings is 2. The zero-order valence-corrected chi connectivity index (χ0v) is 18.9. The number of ether oxygens (including phenoxy) is 1. The number of aromatic nitrogens is 2. The van der Waals surface area contributed by atoms with Crippen LogP contribution >= 0.6 is 0 Å². The molecule has 2 aromatic carbocycles. The minimum absolute atomic E-state index is 0.635. The van der Waals surface area contributed by atoms with Crippen LogP contribution in [0.4, 0.5) is 0 Å². The predicted octanol–water partition coefficient (Wildman–Crippen LogP) is 5.16. The number of rotatable bonds is 7. The molecule has 0 aliphatic carbocycles. The normalized spacial score (nSPS) is 14.9. The number of pyridine rings is 1. The van der Waals surface area contributed by atoms with Crippen LogP contribution in [0.15, 0.2) is 83.5 Å². The average Bonchev–Trinajstić information content (AvgIpc) is 3.22. The largest absolute Gasteiger partial charge is 0.457 e. The van der Waals surface area contributed by atoms with E-state index >= 15 is 0 Å². The fourth-order valence-corrected chi connectivity index (χ4v) is 4.08. The molecule has 1 saturated heterocycles. The zero-order valence-electron chi connectivity index (χ0n) is 18.9. The van der Waals surface area contributed by atoms with Crippen molar-refractivity contribution in [3.05, 3.63) is 96.1 Å². The van der Waals surface area contributed by atoms with E-state index in [0.717, 1.165) is 67.8 Å². The summed E-state index contributed by atoms with van der Waals surface area (Å²) in [6.07, 6.45) is 3.77. The molecule has 1 aliphatic rings. The van der Waals surface area contributed by atoms with Crippen LogP contribution in [0.1, 0.15) is 17.0 Å². The highest BCUT2D eigenvalue weighted by atomic mass is 16.5. The highest BCUT2D eigenvalue weighted by Crippen LogP contribution is 2.28. The zero-order chi connectivity index (χ0) is 22.5. The molecule has 1 fully saturated rings. The van der Waals surface area contributed by atoms with Crippen LogP contribution in [-0.4, -0.2) is 45.9 Å². The first kappa shape index (κ1) is 21.4. The van der Waals surface area contributed by atoms with Gasteiger partial charge in [0.15, 0.2) is 0 Å². The molecule has 2 aromatic heterocycles. The molecule has 33 heavy (non-hydrogen) atoms. The lowest BCUT2D eigenvalue weighted by atomic mass is 10.2. The monoisotopic (exact) mass is 440 g/mol. The van der Waals surface area contributed by atoms with Gasteiger partial charge < -0.3 is 9.15 Å². The average molecular weight is 441 g/mol. The van der Waals surface area contributed by atoms with E-state index in [9.17, 15) is 0 Å². The molecule has 3 heterocycles. The van der Waals surface area contributed by atoms with E-state index < -0.39 is 0 Å². The van der Waals surface area contributed by atoms with E-state index in [4.69, 9.17) is 14.1 Å². The van der Waals surface area contributed by atoms with Gasteiger partial charge in [-0.2, -0.15) is 0 Å². The molecule has 0 unspecified atom stereocenters. The molecule has 6 nitrogen and oxygen atoms in total. The Balaban J connectivity index is 1.20. The summed E-state index contributed by atoms with van der Waals surface area (Å²) in [5.74, 6) is 3.08. The maximum Gasteiger partial charge on any atom is 0.226 e. The van der Waals surface area contributed by atoms with Gasteiger partial charge in [-0.05, 0) is 48.9 Å². The molecule has 0 radical (unpaired) electrons. The first-order chi connectivity index (χ1) is 16.2. The number of para-hydroxylation sites is 1. The van der Waals surface area contributed by atoms with Gasteiger partial charge in [-0.25, -0.2) is 4.98 Å². The molecule has 168 valence electrons. The lowest BCUT2D eigenvalue weighted by molar-refractivity contribution is 0.120. The Kier molecular flexibility index (Phi) is 6.46. The van der Waals surface area contributed by atoms with Crippen LogP contribution in [0.5, 0.6) is 11.5 Å². The van der Waals surface area contributed by atoms with Gasteiger partial charge in [0.05, 0.1) is 5.69 Å². The summed E-state index contributed by atoms with van der Waals surface area (Å²) in [6, 6.07) is 21.8. The van der Waals surface area contributed by atoms with Gasteiger partial charge in [-0.1, -0.05) is 30.3 Å². The molecule has 1 aliphatic heterocycles. The third kappa shape index (κ3) is 5.48. The van der Waals surface area contributed by atoms with Gasteiger partial charge in [-0.3, -0.25) is 14.8 Å². The lowest BCUT2D eigenvalue weighted by Gasteiger charge is -2.34. The van der Waals surface area contributed by atoms with Crippen molar-refractivity contribution in [3.63, 3.8) is 0 Å². The fraction of sp³-hybridized carbons (Fsp3) is 0.259. The van der Waals surface area contributed by atoms with E-state index in [1.807, 2.05) is 80.0 Å². The quantitative estimate of drug-likeness (QED) is 0.396. The van der Waals surface area contributed by atoms with Crippen LogP contribution in [0.2, 0.25) is 0 Å². The van der Waals surface area contributed by atoms with Gasteiger partial charge in [0.1, 0.15) is 17.3 Å². The van der Waals surface area contributed by atoms with Crippen LogP contribution in [0, 0.1) is 6.92 Å². The van der Waals surface area contributed by atoms with E-state index in [0.29, 0.717) is 5.89 Å². The second-order valence-electron chi connectivity index (χ2n) is 8.38. The minimum Gasteiger partial charge on any atom is -0.457 e. The third-order valence-corrected chi connectivity index (χ3v) is 5.92. The predicted molar refractivity (Wildman–Crippen MR) is 128 cm³/mol. The van der Waals surface area contributed by atoms with Crippen molar-refractivity contribution in [1.82, 2.24) is 19.8 Å². The minimum atomic E-state index is 0.635. The Hall–Kier alpha value is -3.48. The van der Waals surface area contributed by atoms with E-state index in [2.05, 4.69) is 20.9 Å². The number of nitrogens with zero attached hydrogens (tertiary/aromatic N) is 4. The summed E-state index contributed by atoms with van der Waals surface area (Å²) in [7, 11) is 0. The van der Waals surface area contributed by atoms with Crippen LogP contribution < -0.4 is 4.74 Å². The summed E-state index contributed by atoms with van der Waals surface area (Å²) < 4.78 is 12.0. The molecule has 6 heteroatoms. The SMILES string of the molecule is Cc1oc(-c2cccc(Oc3ccccc3)c2)nc1CN1CCN(Cc2cccnc2)CC1. The maximum atomic E-state index is 6.04. The number of piperazine rings is 1. The number of hydrogen-bond acceptors (Lipinski definition) is 6. The van der Waals surface area contributed by atoms with Gasteiger partial charge in [0.25, 0.3) is 0 Å². The maximum absolute atomic E-state index is 6.04. The molecule has 5 rings (SSSR count). The smallest absolute Gasteiger partial charge is 0.226 e. The summed E-state index contributed by atoms with van der Waals surface area (Å²) in [5.41, 5.74) is 3.18. The van der Waals surface area contributed by atoms with Crippen molar-refractivity contribution >= 4 is 0 Å². The molecule has 0 bridgehead atoms. The Morgan fingerprint density at radius 3 is 2.36 bits per heavy atom. The van der Waals surface area contributed by atoms with Gasteiger partial charge in [-0.15, -0.1) is 0 Å². The standard InChI is InChI=1S/C27H28N4O2/c1-21-26(20-31-15-13-30(14-16-31)19-22-7-6-12-28-18-22)29-27(32-21)23-8-5-11-25(17-23)33-24-9-3-2-4-10-24/h2-12,17-18H,13-16,19-20H2,1H3. The van der Waals surface area contributed by atoms with E-state index in [-0.39, 0.29) is 0 Å². The molecule has 0 N–H and O–H groups in total. The number of oxazole rings is 1. The van der Waals surface area contributed by atoms with E-state index in [1.165, 1.54) is 5.56 Å². The van der Waals surface area contributed by atoms with Crippen LogP contribution in [0.3, 0.4) is 0 Å². The van der Waals surface area contributed by atoms with Crippen molar-refractivity contribution in [2.45, 2.75) is 20.0 Å².